The van der Waals surface area contributed by atoms with Crippen molar-refractivity contribution >= 4 is 40.1 Å². The van der Waals surface area contributed by atoms with Gasteiger partial charge in [-0.2, -0.15) is 0 Å². The fourth-order valence-electron chi connectivity index (χ4n) is 4.67. The van der Waals surface area contributed by atoms with E-state index < -0.39 is 0 Å². The summed E-state index contributed by atoms with van der Waals surface area (Å²) in [5, 5.41) is 0.914. The molecule has 5 heteroatoms. The van der Waals surface area contributed by atoms with E-state index in [4.69, 9.17) is 11.6 Å². The Labute approximate surface area is 165 Å². The lowest BCUT2D eigenvalue weighted by Crippen LogP contribution is -2.57. The maximum atomic E-state index is 13.0. The van der Waals surface area contributed by atoms with E-state index >= 15 is 0 Å². The number of nitrogens with zero attached hydrogens (tertiary/aromatic N) is 1. The second-order valence-corrected chi connectivity index (χ2v) is 9.29. The molecule has 26 heavy (non-hydrogen) atoms. The molecule has 1 heterocycles. The zero-order valence-electron chi connectivity index (χ0n) is 15.6. The number of carbonyl (C=O) groups excluding carboxylic acids is 2. The standard InChI is InChI=1S/C21H28ClNO2S/c1-3-26-21(25)19-14(2)13-18(24)23(17-11-9-16(22)10-12-17)20(19)15-7-5-4-6-8-15/h9-12,14-15,19-20H,3-8,13H2,1-2H3/t14-,19+,20-/m1/s1. The van der Waals surface area contributed by atoms with Crippen molar-refractivity contribution < 1.29 is 9.59 Å². The van der Waals surface area contributed by atoms with E-state index in [2.05, 4.69) is 6.92 Å². The second kappa shape index (κ2) is 8.79. The van der Waals surface area contributed by atoms with Crippen LogP contribution in [0, 0.1) is 17.8 Å². The summed E-state index contributed by atoms with van der Waals surface area (Å²) in [6.45, 7) is 4.10. The third-order valence-electron chi connectivity index (χ3n) is 5.84. The van der Waals surface area contributed by atoms with Crippen molar-refractivity contribution in [3.63, 3.8) is 0 Å². The fourth-order valence-corrected chi connectivity index (χ4v) is 5.65. The van der Waals surface area contributed by atoms with Gasteiger partial charge in [-0.15, -0.1) is 0 Å². The summed E-state index contributed by atoms with van der Waals surface area (Å²) < 4.78 is 0. The number of hydrogen-bond donors (Lipinski definition) is 0. The van der Waals surface area contributed by atoms with E-state index in [1.807, 2.05) is 36.1 Å². The molecule has 2 aliphatic rings. The topological polar surface area (TPSA) is 37.4 Å². The maximum absolute atomic E-state index is 13.0. The Morgan fingerprint density at radius 1 is 1.19 bits per heavy atom. The van der Waals surface area contributed by atoms with Crippen molar-refractivity contribution in [1.82, 2.24) is 0 Å². The number of halogens is 1. The first-order valence-electron chi connectivity index (χ1n) is 9.77. The number of carbonyl (C=O) groups is 2. The molecule has 1 saturated carbocycles. The predicted octanol–water partition coefficient (Wildman–Crippen LogP) is 5.56. The molecule has 0 N–H and O–H groups in total. The van der Waals surface area contributed by atoms with Crippen LogP contribution in [0.5, 0.6) is 0 Å². The molecule has 3 nitrogen and oxygen atoms in total. The lowest BCUT2D eigenvalue weighted by atomic mass is 9.71. The fraction of sp³-hybridized carbons (Fsp3) is 0.619. The highest BCUT2D eigenvalue weighted by Gasteiger charge is 2.47. The Hall–Kier alpha value is -1.00. The van der Waals surface area contributed by atoms with Gasteiger partial charge in [-0.05, 0) is 54.7 Å². The van der Waals surface area contributed by atoms with Gasteiger partial charge in [-0.25, -0.2) is 0 Å². The number of amides is 1. The largest absolute Gasteiger partial charge is 0.308 e. The van der Waals surface area contributed by atoms with Crippen LogP contribution in [0.2, 0.25) is 5.02 Å². The van der Waals surface area contributed by atoms with Gasteiger partial charge in [0.05, 0.1) is 12.0 Å². The Morgan fingerprint density at radius 2 is 1.85 bits per heavy atom. The normalized spacial score (nSPS) is 27.6. The van der Waals surface area contributed by atoms with Gasteiger partial charge in [0.25, 0.3) is 0 Å². The Bertz CT molecular complexity index is 642. The summed E-state index contributed by atoms with van der Waals surface area (Å²) in [5.41, 5.74) is 0.876. The van der Waals surface area contributed by atoms with Crippen molar-refractivity contribution in [3.8, 4) is 0 Å². The van der Waals surface area contributed by atoms with Crippen LogP contribution in [0.4, 0.5) is 5.69 Å². The minimum Gasteiger partial charge on any atom is -0.308 e. The molecular weight excluding hydrogens is 366 g/mol. The van der Waals surface area contributed by atoms with Gasteiger partial charge in [0.15, 0.2) is 5.12 Å². The zero-order chi connectivity index (χ0) is 18.7. The monoisotopic (exact) mass is 393 g/mol. The molecular formula is C21H28ClNO2S. The summed E-state index contributed by atoms with van der Waals surface area (Å²) in [5.74, 6) is 1.34. The smallest absolute Gasteiger partial charge is 0.227 e. The molecule has 1 amide bonds. The first kappa shape index (κ1) is 19.8. The molecule has 1 saturated heterocycles. The molecule has 0 spiro atoms. The van der Waals surface area contributed by atoms with Gasteiger partial charge in [0.1, 0.15) is 0 Å². The highest BCUT2D eigenvalue weighted by atomic mass is 35.5. The lowest BCUT2D eigenvalue weighted by Gasteiger charge is -2.48. The van der Waals surface area contributed by atoms with Gasteiger partial charge in [-0.1, -0.05) is 56.5 Å². The number of piperidine rings is 1. The summed E-state index contributed by atoms with van der Waals surface area (Å²) in [6.07, 6.45) is 6.30. The van der Waals surface area contributed by atoms with E-state index in [0.717, 1.165) is 24.3 Å². The average Bonchev–Trinajstić information content (AvgIpc) is 2.63. The molecule has 0 bridgehead atoms. The quantitative estimate of drug-likeness (QED) is 0.672. The molecule has 0 unspecified atom stereocenters. The van der Waals surface area contributed by atoms with Crippen molar-refractivity contribution in [1.29, 1.82) is 0 Å². The molecule has 0 aromatic heterocycles. The number of hydrogen-bond acceptors (Lipinski definition) is 3. The summed E-state index contributed by atoms with van der Waals surface area (Å²) in [7, 11) is 0. The molecule has 3 rings (SSSR count). The predicted molar refractivity (Wildman–Crippen MR) is 110 cm³/mol. The first-order chi connectivity index (χ1) is 12.5. The first-order valence-corrected chi connectivity index (χ1v) is 11.1. The van der Waals surface area contributed by atoms with E-state index in [1.165, 1.54) is 31.0 Å². The van der Waals surface area contributed by atoms with Crippen molar-refractivity contribution in [2.75, 3.05) is 10.7 Å². The van der Waals surface area contributed by atoms with Crippen LogP contribution in [0.25, 0.3) is 0 Å². The van der Waals surface area contributed by atoms with Crippen LogP contribution in [-0.4, -0.2) is 22.8 Å². The minimum absolute atomic E-state index is 0.0284. The van der Waals surface area contributed by atoms with E-state index in [9.17, 15) is 9.59 Å². The summed E-state index contributed by atoms with van der Waals surface area (Å²) >= 11 is 7.47. The van der Waals surface area contributed by atoms with Gasteiger partial charge in [0, 0.05) is 17.1 Å². The number of benzene rings is 1. The Kier molecular flexibility index (Phi) is 6.68. The highest BCUT2D eigenvalue weighted by molar-refractivity contribution is 8.13. The molecule has 1 aromatic carbocycles. The third-order valence-corrected chi connectivity index (χ3v) is 6.94. The minimum atomic E-state index is -0.0866. The molecule has 2 fully saturated rings. The molecule has 1 aromatic rings. The maximum Gasteiger partial charge on any atom is 0.227 e. The molecule has 142 valence electrons. The number of rotatable bonds is 4. The summed E-state index contributed by atoms with van der Waals surface area (Å²) in [6, 6.07) is 7.47. The number of anilines is 1. The summed E-state index contributed by atoms with van der Waals surface area (Å²) in [4.78, 5) is 28.0. The van der Waals surface area contributed by atoms with Crippen LogP contribution >= 0.6 is 23.4 Å². The van der Waals surface area contributed by atoms with Gasteiger partial charge < -0.3 is 4.90 Å². The third kappa shape index (κ3) is 4.12. The zero-order valence-corrected chi connectivity index (χ0v) is 17.2. The molecule has 1 aliphatic heterocycles. The van der Waals surface area contributed by atoms with Crippen LogP contribution in [0.1, 0.15) is 52.4 Å². The van der Waals surface area contributed by atoms with E-state index in [0.29, 0.717) is 17.4 Å². The lowest BCUT2D eigenvalue weighted by molar-refractivity contribution is -0.127. The number of thioether (sulfide) groups is 1. The van der Waals surface area contributed by atoms with Crippen LogP contribution < -0.4 is 4.90 Å². The highest BCUT2D eigenvalue weighted by Crippen LogP contribution is 2.43. The molecule has 1 aliphatic carbocycles. The van der Waals surface area contributed by atoms with Crippen molar-refractivity contribution in [3.05, 3.63) is 29.3 Å². The van der Waals surface area contributed by atoms with Crippen molar-refractivity contribution in [2.45, 2.75) is 58.4 Å². The molecule has 3 atom stereocenters. The average molecular weight is 394 g/mol. The van der Waals surface area contributed by atoms with Gasteiger partial charge in [-0.3, -0.25) is 9.59 Å². The van der Waals surface area contributed by atoms with Crippen LogP contribution in [-0.2, 0) is 9.59 Å². The second-order valence-electron chi connectivity index (χ2n) is 7.59. The van der Waals surface area contributed by atoms with Crippen molar-refractivity contribution in [2.24, 2.45) is 17.8 Å². The van der Waals surface area contributed by atoms with E-state index in [-0.39, 0.29) is 28.9 Å². The van der Waals surface area contributed by atoms with Crippen LogP contribution in [0.3, 0.4) is 0 Å². The van der Waals surface area contributed by atoms with Gasteiger partial charge in [0.2, 0.25) is 5.91 Å². The van der Waals surface area contributed by atoms with Crippen LogP contribution in [0.15, 0.2) is 24.3 Å². The van der Waals surface area contributed by atoms with E-state index in [1.54, 1.807) is 0 Å². The SMILES string of the molecule is CCSC(=O)[C@H]1[C@H](C)CC(=O)N(c2ccc(Cl)cc2)[C@@H]1C1CCCCC1. The molecule has 0 radical (unpaired) electrons. The Balaban J connectivity index is 2.01. The van der Waals surface area contributed by atoms with Gasteiger partial charge >= 0.3 is 0 Å². The Morgan fingerprint density at radius 3 is 2.46 bits per heavy atom.